The third kappa shape index (κ3) is 5.68. The molecule has 3 N–H and O–H groups in total. The number of aryl methyl sites for hydroxylation is 1. The maximum absolute atomic E-state index is 14.7. The number of anilines is 2. The smallest absolute Gasteiger partial charge is 0.269 e. The predicted octanol–water partition coefficient (Wildman–Crippen LogP) is 3.93. The summed E-state index contributed by atoms with van der Waals surface area (Å²) in [4.78, 5) is 36.8. The van der Waals surface area contributed by atoms with Gasteiger partial charge in [-0.2, -0.15) is 5.10 Å². The summed E-state index contributed by atoms with van der Waals surface area (Å²) in [5.74, 6) is -0.478. The topological polar surface area (TPSA) is 133 Å². The number of amides is 1. The molecule has 1 fully saturated rings. The lowest BCUT2D eigenvalue weighted by Gasteiger charge is -2.34. The van der Waals surface area contributed by atoms with Gasteiger partial charge in [0.1, 0.15) is 5.15 Å². The Morgan fingerprint density at radius 2 is 2.00 bits per heavy atom. The van der Waals surface area contributed by atoms with Gasteiger partial charge in [0.25, 0.3) is 11.5 Å². The van der Waals surface area contributed by atoms with E-state index in [4.69, 9.17) is 27.1 Å². The standard InChI is InChI=1S/C29H34ClFN8O3/c1-16-13-19(17(2)34-22-5-6-23(30)35-25(22)27(32)40)24-20(14-16)28(41)37(3)29(36-24)38-9-7-18(8-10-38)26-21(31)15-33-39(26)11-12-42-4/h5-6,13-15,17-18,34H,7-12H2,1-4H3,(H2,32,40). The van der Waals surface area contributed by atoms with Crippen LogP contribution in [0.4, 0.5) is 16.0 Å². The molecule has 1 aromatic carbocycles. The number of methoxy groups -OCH3 is 1. The fourth-order valence-electron chi connectivity index (χ4n) is 5.69. The number of aromatic nitrogens is 5. The Balaban J connectivity index is 1.46. The molecule has 11 nitrogen and oxygen atoms in total. The predicted molar refractivity (Wildman–Crippen MR) is 160 cm³/mol. The van der Waals surface area contributed by atoms with Crippen LogP contribution in [0.5, 0.6) is 0 Å². The molecule has 13 heteroatoms. The van der Waals surface area contributed by atoms with Gasteiger partial charge in [0.05, 0.1) is 47.7 Å². The maximum atomic E-state index is 14.7. The van der Waals surface area contributed by atoms with E-state index in [9.17, 15) is 14.0 Å². The van der Waals surface area contributed by atoms with E-state index in [0.29, 0.717) is 67.3 Å². The SMILES string of the molecule is COCCn1ncc(F)c1C1CCN(c2nc3c(C(C)Nc4ccc(Cl)nc4C(N)=O)cc(C)cc3c(=O)n2C)CC1. The van der Waals surface area contributed by atoms with Crippen LogP contribution in [-0.2, 0) is 18.3 Å². The van der Waals surface area contributed by atoms with E-state index in [1.165, 1.54) is 6.20 Å². The molecule has 42 heavy (non-hydrogen) atoms. The van der Waals surface area contributed by atoms with Crippen molar-refractivity contribution in [3.8, 4) is 0 Å². The van der Waals surface area contributed by atoms with Gasteiger partial charge in [-0.15, -0.1) is 0 Å². The van der Waals surface area contributed by atoms with Crippen LogP contribution in [0.1, 0.15) is 59.0 Å². The second-order valence-corrected chi connectivity index (χ2v) is 11.0. The summed E-state index contributed by atoms with van der Waals surface area (Å²) in [6, 6.07) is 6.67. The van der Waals surface area contributed by atoms with Crippen LogP contribution in [-0.4, -0.2) is 57.0 Å². The number of ether oxygens (including phenoxy) is 1. The fourth-order valence-corrected chi connectivity index (χ4v) is 5.84. The molecule has 1 aliphatic rings. The van der Waals surface area contributed by atoms with Crippen LogP contribution in [0.15, 0.2) is 35.3 Å². The number of nitrogens with one attached hydrogen (secondary N) is 1. The summed E-state index contributed by atoms with van der Waals surface area (Å²) in [5.41, 5.74) is 8.67. The first-order chi connectivity index (χ1) is 20.1. The maximum Gasteiger partial charge on any atom is 0.269 e. The minimum atomic E-state index is -0.708. The van der Waals surface area contributed by atoms with Crippen molar-refractivity contribution in [2.75, 3.05) is 37.0 Å². The summed E-state index contributed by atoms with van der Waals surface area (Å²) in [5, 5.41) is 8.14. The number of hydrogen-bond acceptors (Lipinski definition) is 8. The number of nitrogens with zero attached hydrogens (tertiary/aromatic N) is 6. The first-order valence-corrected chi connectivity index (χ1v) is 14.2. The van der Waals surface area contributed by atoms with E-state index in [1.54, 1.807) is 35.5 Å². The molecule has 0 saturated carbocycles. The molecule has 0 spiro atoms. The lowest BCUT2D eigenvalue weighted by molar-refractivity contribution is 0.0996. The molecule has 1 saturated heterocycles. The highest BCUT2D eigenvalue weighted by Crippen LogP contribution is 2.33. The summed E-state index contributed by atoms with van der Waals surface area (Å²) >= 11 is 5.98. The van der Waals surface area contributed by atoms with Crippen molar-refractivity contribution in [1.82, 2.24) is 24.3 Å². The zero-order chi connectivity index (χ0) is 30.1. The number of benzene rings is 1. The zero-order valence-electron chi connectivity index (χ0n) is 24.0. The number of piperidine rings is 1. The molecule has 1 amide bonds. The fraction of sp³-hybridized carbons (Fsp3) is 0.414. The average Bonchev–Trinajstić information content (AvgIpc) is 3.34. The Bertz CT molecular complexity index is 1700. The summed E-state index contributed by atoms with van der Waals surface area (Å²) in [6.07, 6.45) is 2.63. The van der Waals surface area contributed by atoms with Gasteiger partial charge in [0.15, 0.2) is 11.5 Å². The van der Waals surface area contributed by atoms with Gasteiger partial charge in [-0.1, -0.05) is 17.7 Å². The summed E-state index contributed by atoms with van der Waals surface area (Å²) in [6.45, 7) is 5.96. The average molecular weight is 597 g/mol. The van der Waals surface area contributed by atoms with Gasteiger partial charge < -0.3 is 20.7 Å². The number of carbonyl (C=O) groups excluding carboxylic acids is 1. The van der Waals surface area contributed by atoms with E-state index in [2.05, 4.69) is 20.3 Å². The largest absolute Gasteiger partial charge is 0.383 e. The van der Waals surface area contributed by atoms with E-state index in [-0.39, 0.29) is 34.2 Å². The molecule has 1 aliphatic heterocycles. The summed E-state index contributed by atoms with van der Waals surface area (Å²) < 4.78 is 23.1. The highest BCUT2D eigenvalue weighted by Gasteiger charge is 2.29. The van der Waals surface area contributed by atoms with Crippen LogP contribution in [0, 0.1) is 12.7 Å². The second kappa shape index (κ2) is 12.1. The van der Waals surface area contributed by atoms with Crippen molar-refractivity contribution in [1.29, 1.82) is 0 Å². The lowest BCUT2D eigenvalue weighted by Crippen LogP contribution is -2.38. The molecule has 4 aromatic rings. The van der Waals surface area contributed by atoms with Crippen molar-refractivity contribution in [3.05, 3.63) is 74.3 Å². The molecule has 4 heterocycles. The van der Waals surface area contributed by atoms with Gasteiger partial charge in [-0.25, -0.2) is 14.4 Å². The van der Waals surface area contributed by atoms with Gasteiger partial charge in [0, 0.05) is 38.7 Å². The molecular weight excluding hydrogens is 563 g/mol. The number of fused-ring (bicyclic) bond motifs is 1. The second-order valence-electron chi connectivity index (χ2n) is 10.6. The Labute approximate surface area is 247 Å². The molecule has 1 unspecified atom stereocenters. The molecular formula is C29H34ClFN8O3. The van der Waals surface area contributed by atoms with Gasteiger partial charge >= 0.3 is 0 Å². The van der Waals surface area contributed by atoms with Gasteiger partial charge in [-0.05, 0) is 50.5 Å². The van der Waals surface area contributed by atoms with E-state index < -0.39 is 5.91 Å². The third-order valence-electron chi connectivity index (χ3n) is 7.77. The zero-order valence-corrected chi connectivity index (χ0v) is 24.8. The lowest BCUT2D eigenvalue weighted by atomic mass is 9.93. The number of primary amides is 1. The third-order valence-corrected chi connectivity index (χ3v) is 7.98. The van der Waals surface area contributed by atoms with E-state index >= 15 is 0 Å². The van der Waals surface area contributed by atoms with Crippen LogP contribution in [0.2, 0.25) is 5.15 Å². The van der Waals surface area contributed by atoms with Crippen molar-refractivity contribution in [3.63, 3.8) is 0 Å². The first-order valence-electron chi connectivity index (χ1n) is 13.8. The van der Waals surface area contributed by atoms with E-state index in [0.717, 1.165) is 11.1 Å². The van der Waals surface area contributed by atoms with Crippen molar-refractivity contribution < 1.29 is 13.9 Å². The number of nitrogens with two attached hydrogens (primary N) is 1. The molecule has 222 valence electrons. The van der Waals surface area contributed by atoms with Crippen LogP contribution in [0.25, 0.3) is 10.9 Å². The molecule has 0 radical (unpaired) electrons. The van der Waals surface area contributed by atoms with Crippen molar-refractivity contribution in [2.45, 2.75) is 45.2 Å². The van der Waals surface area contributed by atoms with Gasteiger partial charge in [0.2, 0.25) is 5.95 Å². The Kier molecular flexibility index (Phi) is 8.46. The highest BCUT2D eigenvalue weighted by molar-refractivity contribution is 6.29. The normalized spacial score (nSPS) is 14.9. The molecule has 5 rings (SSSR count). The number of pyridine rings is 1. The minimum Gasteiger partial charge on any atom is -0.383 e. The first kappa shape index (κ1) is 29.5. The monoisotopic (exact) mass is 596 g/mol. The Morgan fingerprint density at radius 1 is 1.26 bits per heavy atom. The van der Waals surface area contributed by atoms with Crippen LogP contribution in [0.3, 0.4) is 0 Å². The molecule has 0 bridgehead atoms. The Hall–Kier alpha value is -4.03. The number of rotatable bonds is 9. The quantitative estimate of drug-likeness (QED) is 0.278. The van der Waals surface area contributed by atoms with E-state index in [1.807, 2.05) is 26.0 Å². The molecule has 3 aromatic heterocycles. The number of carbonyl (C=O) groups is 1. The number of hydrogen-bond donors (Lipinski definition) is 2. The number of halogens is 2. The molecule has 1 atom stereocenters. The van der Waals surface area contributed by atoms with Crippen molar-refractivity contribution >= 4 is 40.0 Å². The molecule has 0 aliphatic carbocycles. The van der Waals surface area contributed by atoms with Crippen LogP contribution < -0.4 is 21.5 Å². The minimum absolute atomic E-state index is 0.00652. The van der Waals surface area contributed by atoms with Crippen molar-refractivity contribution in [2.24, 2.45) is 12.8 Å². The highest BCUT2D eigenvalue weighted by atomic mass is 35.5. The van der Waals surface area contributed by atoms with Gasteiger partial charge in [-0.3, -0.25) is 18.8 Å². The Morgan fingerprint density at radius 3 is 2.69 bits per heavy atom. The summed E-state index contributed by atoms with van der Waals surface area (Å²) in [7, 11) is 3.33. The van der Waals surface area contributed by atoms with Crippen LogP contribution >= 0.6 is 11.6 Å².